The third kappa shape index (κ3) is 4.24. The topological polar surface area (TPSA) is 72.5 Å². The Bertz CT molecular complexity index is 1490. The van der Waals surface area contributed by atoms with Crippen molar-refractivity contribution in [2.24, 2.45) is 0 Å². The van der Waals surface area contributed by atoms with Gasteiger partial charge in [0.1, 0.15) is 17.2 Å². The van der Waals surface area contributed by atoms with Crippen LogP contribution in [0.4, 0.5) is 27.9 Å². The maximum absolute atomic E-state index is 15.3. The van der Waals surface area contributed by atoms with Crippen LogP contribution < -0.4 is 10.1 Å². The van der Waals surface area contributed by atoms with Gasteiger partial charge < -0.3 is 19.5 Å². The van der Waals surface area contributed by atoms with E-state index in [1.165, 1.54) is 6.07 Å². The van der Waals surface area contributed by atoms with Gasteiger partial charge in [-0.3, -0.25) is 0 Å². The maximum Gasteiger partial charge on any atom is 0.256 e. The first-order chi connectivity index (χ1) is 17.9. The molecule has 1 fully saturated rings. The number of anilines is 1. The van der Waals surface area contributed by atoms with Gasteiger partial charge in [-0.05, 0) is 31.2 Å². The van der Waals surface area contributed by atoms with Crippen molar-refractivity contribution < 1.29 is 30.8 Å². The lowest BCUT2D eigenvalue weighted by atomic mass is 10.0. The molecule has 5 rings (SSSR count). The van der Waals surface area contributed by atoms with E-state index in [0.717, 1.165) is 27.7 Å². The van der Waals surface area contributed by atoms with Crippen LogP contribution in [0.1, 0.15) is 10.5 Å². The number of halogens is 5. The number of aromatic nitrogens is 5. The van der Waals surface area contributed by atoms with Gasteiger partial charge >= 0.3 is 0 Å². The van der Waals surface area contributed by atoms with Gasteiger partial charge in [-0.15, -0.1) is 5.10 Å². The molecule has 186 valence electrons. The Balaban J connectivity index is 1.64. The number of nitrogens with one attached hydrogen (secondary N) is 1. The second-order valence-corrected chi connectivity index (χ2v) is 8.42. The lowest BCUT2D eigenvalue weighted by molar-refractivity contribution is 0.128. The largest absolute Gasteiger partial charge is 0.479 e. The molecule has 0 radical (unpaired) electrons. The minimum atomic E-state index is -3.01. The molecule has 0 unspecified atom stereocenters. The number of hydrogen-bond acceptors (Lipinski definition) is 6. The number of nitrogens with zero attached hydrogens (tertiary/aromatic N) is 6. The number of ether oxygens (including phenoxy) is 1. The van der Waals surface area contributed by atoms with Crippen molar-refractivity contribution in [3.8, 4) is 17.0 Å². The fraction of sp³-hybridized carbons (Fsp3) is 0.409. The van der Waals surface area contributed by atoms with Crippen molar-refractivity contribution in [3.05, 3.63) is 36.3 Å². The van der Waals surface area contributed by atoms with Crippen LogP contribution >= 0.6 is 0 Å². The summed E-state index contributed by atoms with van der Waals surface area (Å²) in [6.45, 7) is -0.00901. The summed E-state index contributed by atoms with van der Waals surface area (Å²) in [6, 6.07) is 1.51. The fourth-order valence-corrected chi connectivity index (χ4v) is 4.37. The molecule has 1 aliphatic rings. The molecule has 0 aliphatic carbocycles. The zero-order chi connectivity index (χ0) is 27.4. The van der Waals surface area contributed by atoms with Crippen molar-refractivity contribution in [2.45, 2.75) is 31.6 Å². The number of alkyl halides is 3. The molecule has 0 saturated carbocycles. The Labute approximate surface area is 200 Å². The van der Waals surface area contributed by atoms with Gasteiger partial charge in [-0.25, -0.2) is 31.5 Å². The lowest BCUT2D eigenvalue weighted by Gasteiger charge is -2.32. The summed E-state index contributed by atoms with van der Waals surface area (Å²) in [5.74, 6) is -2.61. The first kappa shape index (κ1) is 19.8. The summed E-state index contributed by atoms with van der Waals surface area (Å²) in [5, 5.41) is 6.97. The number of piperidine rings is 1. The smallest absolute Gasteiger partial charge is 0.256 e. The first-order valence-electron chi connectivity index (χ1n) is 12.2. The van der Waals surface area contributed by atoms with E-state index >= 15 is 4.39 Å². The van der Waals surface area contributed by atoms with E-state index in [9.17, 15) is 17.6 Å². The number of rotatable bonds is 6. The standard InChI is InChI=1S/C22H22F5N7O/c1-32-4-3-15(13(24)7-32)29-22-30-21(35-2)20-18(14(25)8-34(20)31-22)11-5-12(23)19-16(6-11)33(10-28-19)9-17(26)27/h5-6,8,10,13,15,17H,3-4,7,9H2,1-2H3,(H,29,31)/t13-,15+/m0/s1/i2D3. The summed E-state index contributed by atoms with van der Waals surface area (Å²) in [7, 11) is -1.23. The summed E-state index contributed by atoms with van der Waals surface area (Å²) in [5.41, 5.74) is -0.885. The minimum Gasteiger partial charge on any atom is -0.479 e. The van der Waals surface area contributed by atoms with Crippen LogP contribution in [0, 0.1) is 11.6 Å². The first-order valence-corrected chi connectivity index (χ1v) is 10.7. The van der Waals surface area contributed by atoms with E-state index in [0.29, 0.717) is 13.0 Å². The summed E-state index contributed by atoms with van der Waals surface area (Å²) >= 11 is 0. The molecule has 1 aromatic carbocycles. The van der Waals surface area contributed by atoms with Crippen molar-refractivity contribution in [3.63, 3.8) is 0 Å². The predicted molar refractivity (Wildman–Crippen MR) is 119 cm³/mol. The van der Waals surface area contributed by atoms with E-state index in [2.05, 4.69) is 20.4 Å². The Hall–Kier alpha value is -3.48. The Morgan fingerprint density at radius 2 is 2.11 bits per heavy atom. The van der Waals surface area contributed by atoms with Crippen LogP contribution in [0.15, 0.2) is 24.7 Å². The quantitative estimate of drug-likeness (QED) is 0.409. The SMILES string of the molecule is [2H]C([2H])([2H])Oc1nc(N[C@@H]2CCN(C)C[C@@H]2F)nn2cc(F)c(-c3cc(F)c4ncn(CC(F)F)c4c3)c12. The molecular weight excluding hydrogens is 473 g/mol. The van der Waals surface area contributed by atoms with Crippen molar-refractivity contribution in [1.82, 2.24) is 29.0 Å². The van der Waals surface area contributed by atoms with Gasteiger partial charge in [-0.1, -0.05) is 0 Å². The Kier molecular flexibility index (Phi) is 5.06. The van der Waals surface area contributed by atoms with E-state index < -0.39 is 49.7 Å². The summed E-state index contributed by atoms with van der Waals surface area (Å²) in [6.07, 6.45) is -1.67. The highest BCUT2D eigenvalue weighted by molar-refractivity contribution is 5.90. The van der Waals surface area contributed by atoms with E-state index in [1.54, 1.807) is 7.05 Å². The number of likely N-dealkylation sites (tertiary alicyclic amines) is 1. The second-order valence-electron chi connectivity index (χ2n) is 8.42. The molecular formula is C22H22F5N7O. The van der Waals surface area contributed by atoms with Gasteiger partial charge in [-0.2, -0.15) is 4.98 Å². The molecule has 1 N–H and O–H groups in total. The maximum atomic E-state index is 15.3. The molecule has 0 spiro atoms. The fourth-order valence-electron chi connectivity index (χ4n) is 4.37. The van der Waals surface area contributed by atoms with E-state index in [1.807, 2.05) is 4.90 Å². The number of benzene rings is 1. The van der Waals surface area contributed by atoms with Gasteiger partial charge in [0.2, 0.25) is 11.8 Å². The molecule has 3 aromatic heterocycles. The van der Waals surface area contributed by atoms with Crippen LogP contribution in [-0.2, 0) is 6.54 Å². The zero-order valence-electron chi connectivity index (χ0n) is 21.4. The Morgan fingerprint density at radius 3 is 2.86 bits per heavy atom. The van der Waals surface area contributed by atoms with E-state index in [-0.39, 0.29) is 40.2 Å². The van der Waals surface area contributed by atoms with Crippen molar-refractivity contribution >= 4 is 22.5 Å². The Morgan fingerprint density at radius 1 is 1.29 bits per heavy atom. The highest BCUT2D eigenvalue weighted by Gasteiger charge is 2.29. The van der Waals surface area contributed by atoms with E-state index in [4.69, 9.17) is 8.85 Å². The van der Waals surface area contributed by atoms with Crippen LogP contribution in [0.25, 0.3) is 27.7 Å². The number of imidazole rings is 1. The van der Waals surface area contributed by atoms with Gasteiger partial charge in [0, 0.05) is 13.1 Å². The van der Waals surface area contributed by atoms with Gasteiger partial charge in [0.05, 0.1) is 47.3 Å². The molecule has 35 heavy (non-hydrogen) atoms. The summed E-state index contributed by atoms with van der Waals surface area (Å²) in [4.78, 5) is 9.71. The normalized spacial score (nSPS) is 20.8. The molecule has 4 aromatic rings. The number of fused-ring (bicyclic) bond motifs is 2. The molecule has 8 nitrogen and oxygen atoms in total. The highest BCUT2D eigenvalue weighted by Crippen LogP contribution is 2.36. The molecule has 1 aliphatic heterocycles. The zero-order valence-corrected chi connectivity index (χ0v) is 18.4. The number of methoxy groups -OCH3 is 1. The van der Waals surface area contributed by atoms with Crippen LogP contribution in [0.5, 0.6) is 5.88 Å². The third-order valence-electron chi connectivity index (χ3n) is 6.01. The third-order valence-corrected chi connectivity index (χ3v) is 6.01. The molecule has 2 atom stereocenters. The van der Waals surface area contributed by atoms with Gasteiger partial charge in [0.15, 0.2) is 11.6 Å². The van der Waals surface area contributed by atoms with Gasteiger partial charge in [0.25, 0.3) is 6.43 Å². The molecule has 0 amide bonds. The predicted octanol–water partition coefficient (Wildman–Crippen LogP) is 3.75. The average molecular weight is 498 g/mol. The van der Waals surface area contributed by atoms with Crippen LogP contribution in [-0.4, -0.2) is 74.9 Å². The molecule has 1 saturated heterocycles. The van der Waals surface area contributed by atoms with Crippen molar-refractivity contribution in [2.75, 3.05) is 32.5 Å². The van der Waals surface area contributed by atoms with Crippen LogP contribution in [0.3, 0.4) is 0 Å². The molecule has 13 heteroatoms. The highest BCUT2D eigenvalue weighted by atomic mass is 19.3. The van der Waals surface area contributed by atoms with Crippen molar-refractivity contribution in [1.29, 1.82) is 0 Å². The second kappa shape index (κ2) is 8.95. The number of hydrogen-bond donors (Lipinski definition) is 1. The molecule has 0 bridgehead atoms. The molecule has 4 heterocycles. The average Bonchev–Trinajstić information content (AvgIpc) is 3.35. The minimum absolute atomic E-state index is 0.0206. The van der Waals surface area contributed by atoms with Crippen LogP contribution in [0.2, 0.25) is 0 Å². The summed E-state index contributed by atoms with van der Waals surface area (Å²) < 4.78 is 100. The lowest BCUT2D eigenvalue weighted by Crippen LogP contribution is -2.46. The monoisotopic (exact) mass is 498 g/mol.